The second-order valence-corrected chi connectivity index (χ2v) is 8.55. The molecule has 4 heterocycles. The molecule has 7 nitrogen and oxygen atoms in total. The van der Waals surface area contributed by atoms with Crippen molar-refractivity contribution in [2.45, 2.75) is 20.0 Å². The molecule has 0 unspecified atom stereocenters. The predicted octanol–water partition coefficient (Wildman–Crippen LogP) is 3.27. The van der Waals surface area contributed by atoms with Crippen LogP contribution in [0.1, 0.15) is 17.3 Å². The summed E-state index contributed by atoms with van der Waals surface area (Å²) in [4.78, 5) is 26.1. The molecular weight excluding hydrogens is 398 g/mol. The summed E-state index contributed by atoms with van der Waals surface area (Å²) in [6.45, 7) is 7.12. The fourth-order valence-electron chi connectivity index (χ4n) is 3.93. The number of hydrogen-bond donors (Lipinski definition) is 1. The summed E-state index contributed by atoms with van der Waals surface area (Å²) in [5, 5.41) is 6.66. The fourth-order valence-corrected chi connectivity index (χ4v) is 4.89. The third-order valence-electron chi connectivity index (χ3n) is 5.47. The number of aromatic amines is 1. The van der Waals surface area contributed by atoms with Crippen LogP contribution < -0.4 is 5.56 Å². The first kappa shape index (κ1) is 19.2. The van der Waals surface area contributed by atoms with Crippen molar-refractivity contribution in [3.63, 3.8) is 0 Å². The molecule has 1 N–H and O–H groups in total. The minimum Gasteiger partial charge on any atom is -0.360 e. The Hall–Kier alpha value is -2.81. The standard InChI is InChI=1S/C22H23N5O2S/c1-15-11-17(29-25-15)12-26-7-9-27(10-8-26)13-19-23-21(28)20-18(14-30-22(20)24-19)16-5-3-2-4-6-16/h2-6,11,14H,7-10,12-13H2,1H3,(H,23,24,28). The molecule has 0 saturated carbocycles. The number of rotatable bonds is 5. The third kappa shape index (κ3) is 3.94. The Bertz CT molecular complexity index is 1210. The molecule has 0 spiro atoms. The Balaban J connectivity index is 1.27. The molecule has 3 aromatic heterocycles. The van der Waals surface area contributed by atoms with E-state index in [2.05, 4.69) is 19.9 Å². The SMILES string of the molecule is Cc1cc(CN2CCN(Cc3nc4scc(-c5ccccc5)c4c(=O)[nH]3)CC2)on1. The van der Waals surface area contributed by atoms with Crippen LogP contribution in [0.15, 0.2) is 51.1 Å². The van der Waals surface area contributed by atoms with E-state index in [9.17, 15) is 4.79 Å². The van der Waals surface area contributed by atoms with E-state index in [0.29, 0.717) is 11.9 Å². The van der Waals surface area contributed by atoms with Gasteiger partial charge in [-0.05, 0) is 12.5 Å². The van der Waals surface area contributed by atoms with Gasteiger partial charge in [0.1, 0.15) is 10.7 Å². The smallest absolute Gasteiger partial charge is 0.260 e. The first-order valence-corrected chi connectivity index (χ1v) is 11.0. The molecule has 0 bridgehead atoms. The molecule has 0 amide bonds. The molecule has 8 heteroatoms. The second-order valence-electron chi connectivity index (χ2n) is 7.70. The number of piperazine rings is 1. The number of nitrogens with one attached hydrogen (secondary N) is 1. The Labute approximate surface area is 178 Å². The van der Waals surface area contributed by atoms with E-state index < -0.39 is 0 Å². The van der Waals surface area contributed by atoms with E-state index in [1.54, 1.807) is 0 Å². The number of aromatic nitrogens is 3. The van der Waals surface area contributed by atoms with Gasteiger partial charge >= 0.3 is 0 Å². The van der Waals surface area contributed by atoms with E-state index >= 15 is 0 Å². The molecule has 0 radical (unpaired) electrons. The summed E-state index contributed by atoms with van der Waals surface area (Å²) in [5.74, 6) is 1.64. The molecule has 0 atom stereocenters. The van der Waals surface area contributed by atoms with Crippen LogP contribution in [0, 0.1) is 6.92 Å². The monoisotopic (exact) mass is 421 g/mol. The molecule has 1 saturated heterocycles. The van der Waals surface area contributed by atoms with Crippen LogP contribution in [0.5, 0.6) is 0 Å². The molecule has 30 heavy (non-hydrogen) atoms. The van der Waals surface area contributed by atoms with Crippen molar-refractivity contribution in [3.05, 3.63) is 69.4 Å². The van der Waals surface area contributed by atoms with Crippen LogP contribution in [0.4, 0.5) is 0 Å². The van der Waals surface area contributed by atoms with Gasteiger partial charge in [0.25, 0.3) is 5.56 Å². The highest BCUT2D eigenvalue weighted by Crippen LogP contribution is 2.30. The summed E-state index contributed by atoms with van der Waals surface area (Å²) in [5.41, 5.74) is 2.85. The van der Waals surface area contributed by atoms with Gasteiger partial charge in [0.05, 0.1) is 24.2 Å². The van der Waals surface area contributed by atoms with Gasteiger partial charge in [-0.1, -0.05) is 35.5 Å². The van der Waals surface area contributed by atoms with Crippen LogP contribution in [0.2, 0.25) is 0 Å². The minimum absolute atomic E-state index is 0.0607. The lowest BCUT2D eigenvalue weighted by Gasteiger charge is -2.33. The zero-order chi connectivity index (χ0) is 20.5. The van der Waals surface area contributed by atoms with E-state index in [1.807, 2.05) is 48.7 Å². The summed E-state index contributed by atoms with van der Waals surface area (Å²) < 4.78 is 5.32. The average Bonchev–Trinajstić information content (AvgIpc) is 3.36. The van der Waals surface area contributed by atoms with Crippen molar-refractivity contribution in [2.24, 2.45) is 0 Å². The predicted molar refractivity (Wildman–Crippen MR) is 117 cm³/mol. The van der Waals surface area contributed by atoms with Gasteiger partial charge in [-0.15, -0.1) is 11.3 Å². The van der Waals surface area contributed by atoms with Gasteiger partial charge in [0, 0.05) is 43.2 Å². The highest BCUT2D eigenvalue weighted by Gasteiger charge is 2.20. The maximum atomic E-state index is 12.8. The van der Waals surface area contributed by atoms with Crippen molar-refractivity contribution >= 4 is 21.6 Å². The zero-order valence-electron chi connectivity index (χ0n) is 16.8. The maximum absolute atomic E-state index is 12.8. The lowest BCUT2D eigenvalue weighted by atomic mass is 10.1. The average molecular weight is 422 g/mol. The molecule has 1 aliphatic rings. The van der Waals surface area contributed by atoms with Crippen molar-refractivity contribution in [2.75, 3.05) is 26.2 Å². The van der Waals surface area contributed by atoms with Gasteiger partial charge in [0.15, 0.2) is 5.76 Å². The van der Waals surface area contributed by atoms with E-state index in [0.717, 1.165) is 66.0 Å². The Kier molecular flexibility index (Phi) is 5.20. The van der Waals surface area contributed by atoms with Gasteiger partial charge in [-0.25, -0.2) is 4.98 Å². The second kappa shape index (κ2) is 8.14. The molecule has 0 aliphatic carbocycles. The van der Waals surface area contributed by atoms with E-state index in [-0.39, 0.29) is 5.56 Å². The van der Waals surface area contributed by atoms with Crippen molar-refractivity contribution in [1.82, 2.24) is 24.9 Å². The minimum atomic E-state index is -0.0607. The van der Waals surface area contributed by atoms with Crippen molar-refractivity contribution in [3.8, 4) is 11.1 Å². The van der Waals surface area contributed by atoms with Gasteiger partial charge in [-0.2, -0.15) is 0 Å². The van der Waals surface area contributed by atoms with Crippen molar-refractivity contribution in [1.29, 1.82) is 0 Å². The highest BCUT2D eigenvalue weighted by atomic mass is 32.1. The summed E-state index contributed by atoms with van der Waals surface area (Å²) in [7, 11) is 0. The first-order chi connectivity index (χ1) is 14.7. The molecule has 1 aromatic carbocycles. The third-order valence-corrected chi connectivity index (χ3v) is 6.34. The number of benzene rings is 1. The summed E-state index contributed by atoms with van der Waals surface area (Å²) in [6.07, 6.45) is 0. The van der Waals surface area contributed by atoms with Crippen LogP contribution in [0.3, 0.4) is 0 Å². The number of H-pyrrole nitrogens is 1. The number of aryl methyl sites for hydroxylation is 1. The van der Waals surface area contributed by atoms with Crippen LogP contribution in [-0.4, -0.2) is 51.1 Å². The number of nitrogens with zero attached hydrogens (tertiary/aromatic N) is 4. The Morgan fingerprint density at radius 2 is 1.83 bits per heavy atom. The first-order valence-electron chi connectivity index (χ1n) is 10.1. The molecule has 1 aliphatic heterocycles. The van der Waals surface area contributed by atoms with E-state index in [1.165, 1.54) is 11.3 Å². The lowest BCUT2D eigenvalue weighted by Crippen LogP contribution is -2.45. The zero-order valence-corrected chi connectivity index (χ0v) is 17.6. The molecule has 5 rings (SSSR count). The molecule has 1 fully saturated rings. The number of fused-ring (bicyclic) bond motifs is 1. The molecule has 154 valence electrons. The van der Waals surface area contributed by atoms with E-state index in [4.69, 9.17) is 9.51 Å². The van der Waals surface area contributed by atoms with Crippen LogP contribution in [-0.2, 0) is 13.1 Å². The normalized spacial score (nSPS) is 15.8. The quantitative estimate of drug-likeness (QED) is 0.533. The Morgan fingerprint density at radius 1 is 1.10 bits per heavy atom. The molecular formula is C22H23N5O2S. The van der Waals surface area contributed by atoms with Crippen LogP contribution in [0.25, 0.3) is 21.3 Å². The highest BCUT2D eigenvalue weighted by molar-refractivity contribution is 7.17. The van der Waals surface area contributed by atoms with Gasteiger partial charge < -0.3 is 9.51 Å². The molecule has 4 aromatic rings. The number of hydrogen-bond acceptors (Lipinski definition) is 7. The van der Waals surface area contributed by atoms with Crippen LogP contribution >= 0.6 is 11.3 Å². The largest absolute Gasteiger partial charge is 0.360 e. The Morgan fingerprint density at radius 3 is 2.53 bits per heavy atom. The summed E-state index contributed by atoms with van der Waals surface area (Å²) in [6, 6.07) is 12.0. The number of thiophene rings is 1. The van der Waals surface area contributed by atoms with Gasteiger partial charge in [-0.3, -0.25) is 14.6 Å². The maximum Gasteiger partial charge on any atom is 0.260 e. The topological polar surface area (TPSA) is 78.3 Å². The lowest BCUT2D eigenvalue weighted by molar-refractivity contribution is 0.112. The van der Waals surface area contributed by atoms with Gasteiger partial charge in [0.2, 0.25) is 0 Å². The fraction of sp³-hybridized carbons (Fsp3) is 0.318. The van der Waals surface area contributed by atoms with Crippen molar-refractivity contribution < 1.29 is 4.52 Å². The summed E-state index contributed by atoms with van der Waals surface area (Å²) >= 11 is 1.53.